The number of rotatable bonds is 1. The maximum absolute atomic E-state index is 12.0. The number of nitrogens with two attached hydrogens (primary N) is 1. The van der Waals surface area contributed by atoms with Crippen molar-refractivity contribution in [2.24, 2.45) is 0 Å². The van der Waals surface area contributed by atoms with Gasteiger partial charge >= 0.3 is 6.18 Å². The van der Waals surface area contributed by atoms with Crippen LogP contribution in [0.5, 0.6) is 0 Å². The number of pyridine rings is 1. The van der Waals surface area contributed by atoms with Crippen LogP contribution in [0.15, 0.2) is 21.7 Å². The molecule has 0 bridgehead atoms. The van der Waals surface area contributed by atoms with Crippen molar-refractivity contribution in [1.82, 2.24) is 4.57 Å². The summed E-state index contributed by atoms with van der Waals surface area (Å²) < 4.78 is 36.7. The van der Waals surface area contributed by atoms with Gasteiger partial charge in [0.1, 0.15) is 6.54 Å². The van der Waals surface area contributed by atoms with Gasteiger partial charge in [0.05, 0.1) is 10.2 Å². The van der Waals surface area contributed by atoms with E-state index < -0.39 is 18.1 Å². The number of anilines is 1. The largest absolute Gasteiger partial charge is 0.406 e. The highest BCUT2D eigenvalue weighted by Gasteiger charge is 2.27. The van der Waals surface area contributed by atoms with E-state index in [0.29, 0.717) is 0 Å². The van der Waals surface area contributed by atoms with Gasteiger partial charge in [-0.3, -0.25) is 4.79 Å². The van der Waals surface area contributed by atoms with E-state index in [0.717, 1.165) is 17.0 Å². The van der Waals surface area contributed by atoms with E-state index in [9.17, 15) is 18.0 Å². The van der Waals surface area contributed by atoms with Gasteiger partial charge in [-0.2, -0.15) is 13.2 Å². The first kappa shape index (κ1) is 11.1. The molecule has 0 aliphatic carbocycles. The number of alkyl halides is 3. The molecule has 0 unspecified atom stereocenters. The van der Waals surface area contributed by atoms with Crippen molar-refractivity contribution in [3.05, 3.63) is 27.1 Å². The second-order valence-electron chi connectivity index (χ2n) is 2.68. The van der Waals surface area contributed by atoms with E-state index in [4.69, 9.17) is 5.73 Å². The van der Waals surface area contributed by atoms with Gasteiger partial charge in [0.25, 0.3) is 0 Å². The Morgan fingerprint density at radius 2 is 2.00 bits per heavy atom. The molecule has 1 heterocycles. The van der Waals surface area contributed by atoms with E-state index in [2.05, 4.69) is 15.9 Å². The molecule has 2 N–H and O–H groups in total. The molecule has 0 amide bonds. The fourth-order valence-corrected chi connectivity index (χ4v) is 1.41. The van der Waals surface area contributed by atoms with Crippen LogP contribution in [-0.2, 0) is 6.54 Å². The smallest absolute Gasteiger partial charge is 0.394 e. The van der Waals surface area contributed by atoms with Gasteiger partial charge in [-0.05, 0) is 15.9 Å². The third-order valence-electron chi connectivity index (χ3n) is 1.43. The molecule has 0 aliphatic rings. The fourth-order valence-electron chi connectivity index (χ4n) is 0.915. The minimum Gasteiger partial charge on any atom is -0.394 e. The molecule has 1 aromatic rings. The number of hydrogen-bond donors (Lipinski definition) is 1. The van der Waals surface area contributed by atoms with E-state index in [-0.39, 0.29) is 10.2 Å². The van der Waals surface area contributed by atoms with Crippen molar-refractivity contribution in [1.29, 1.82) is 0 Å². The minimum absolute atomic E-state index is 0.0155. The summed E-state index contributed by atoms with van der Waals surface area (Å²) in [6, 6.07) is 0. The van der Waals surface area contributed by atoms with Crippen LogP contribution < -0.4 is 11.2 Å². The van der Waals surface area contributed by atoms with E-state index in [1.54, 1.807) is 0 Å². The topological polar surface area (TPSA) is 48.0 Å². The molecule has 0 atom stereocenters. The van der Waals surface area contributed by atoms with Crippen molar-refractivity contribution in [2.75, 3.05) is 5.73 Å². The van der Waals surface area contributed by atoms with E-state index in [1.807, 2.05) is 0 Å². The van der Waals surface area contributed by atoms with Crippen molar-refractivity contribution in [3.63, 3.8) is 0 Å². The van der Waals surface area contributed by atoms with Gasteiger partial charge in [-0.1, -0.05) is 0 Å². The molecular formula is C7H6BrF3N2O. The lowest BCUT2D eigenvalue weighted by Gasteiger charge is -2.10. The maximum Gasteiger partial charge on any atom is 0.406 e. The minimum atomic E-state index is -4.33. The highest BCUT2D eigenvalue weighted by molar-refractivity contribution is 9.10. The number of halogens is 4. The van der Waals surface area contributed by atoms with Crippen LogP contribution in [0.1, 0.15) is 0 Å². The maximum atomic E-state index is 12.0. The standard InChI is InChI=1S/C7H6BrF3N2O/c8-4-1-13(3-7(9,10)11)2-5(12)6(4)14/h1-2H,3,12H2. The molecule has 7 heteroatoms. The summed E-state index contributed by atoms with van der Waals surface area (Å²) >= 11 is 2.82. The molecule has 3 nitrogen and oxygen atoms in total. The summed E-state index contributed by atoms with van der Waals surface area (Å²) in [6.45, 7) is -1.17. The van der Waals surface area contributed by atoms with Crippen molar-refractivity contribution < 1.29 is 13.2 Å². The fraction of sp³-hybridized carbons (Fsp3) is 0.286. The van der Waals surface area contributed by atoms with E-state index >= 15 is 0 Å². The molecule has 78 valence electrons. The average Bonchev–Trinajstić information content (AvgIpc) is 1.96. The van der Waals surface area contributed by atoms with Gasteiger partial charge in [0, 0.05) is 12.4 Å². The Balaban J connectivity index is 3.08. The molecular weight excluding hydrogens is 265 g/mol. The van der Waals surface area contributed by atoms with Crippen LogP contribution in [0, 0.1) is 0 Å². The summed E-state index contributed by atoms with van der Waals surface area (Å²) in [5, 5.41) is 0. The predicted octanol–water partition coefficient (Wildman–Crippen LogP) is 1.76. The first-order chi connectivity index (χ1) is 6.29. The Morgan fingerprint density at radius 3 is 2.43 bits per heavy atom. The average molecular weight is 271 g/mol. The van der Waals surface area contributed by atoms with Gasteiger partial charge in [-0.15, -0.1) is 0 Å². The summed E-state index contributed by atoms with van der Waals surface area (Å²) in [6.07, 6.45) is -2.33. The lowest BCUT2D eigenvalue weighted by Crippen LogP contribution is -2.20. The quantitative estimate of drug-likeness (QED) is 0.845. The van der Waals surface area contributed by atoms with Crippen molar-refractivity contribution >= 4 is 21.6 Å². The van der Waals surface area contributed by atoms with Crippen LogP contribution in [0.25, 0.3) is 0 Å². The van der Waals surface area contributed by atoms with Crippen molar-refractivity contribution in [3.8, 4) is 0 Å². The second kappa shape index (κ2) is 3.64. The molecule has 0 aromatic carbocycles. The molecule has 14 heavy (non-hydrogen) atoms. The van der Waals surface area contributed by atoms with Crippen LogP contribution in [0.3, 0.4) is 0 Å². The number of hydrogen-bond acceptors (Lipinski definition) is 2. The third-order valence-corrected chi connectivity index (χ3v) is 1.99. The molecule has 0 radical (unpaired) electrons. The summed E-state index contributed by atoms with van der Waals surface area (Å²) in [5.41, 5.74) is 4.48. The highest BCUT2D eigenvalue weighted by atomic mass is 79.9. The lowest BCUT2D eigenvalue weighted by atomic mass is 10.4. The molecule has 1 aromatic heterocycles. The Kier molecular flexibility index (Phi) is 2.89. The number of nitrogen functional groups attached to an aromatic ring is 1. The highest BCUT2D eigenvalue weighted by Crippen LogP contribution is 2.18. The molecule has 0 aliphatic heterocycles. The molecule has 0 saturated carbocycles. The summed E-state index contributed by atoms with van der Waals surface area (Å²) in [5.74, 6) is 0. The zero-order valence-electron chi connectivity index (χ0n) is 6.81. The van der Waals surface area contributed by atoms with Gasteiger partial charge in [0.2, 0.25) is 5.43 Å². The third kappa shape index (κ3) is 2.76. The predicted molar refractivity (Wildman–Crippen MR) is 48.9 cm³/mol. The van der Waals surface area contributed by atoms with Crippen LogP contribution in [0.2, 0.25) is 0 Å². The SMILES string of the molecule is Nc1cn(CC(F)(F)F)cc(Br)c1=O. The Hall–Kier alpha value is -0.980. The summed E-state index contributed by atoms with van der Waals surface area (Å²) in [7, 11) is 0. The van der Waals surface area contributed by atoms with Gasteiger partial charge in [0.15, 0.2) is 0 Å². The molecule has 1 rings (SSSR count). The first-order valence-electron chi connectivity index (χ1n) is 3.51. The second-order valence-corrected chi connectivity index (χ2v) is 3.53. The van der Waals surface area contributed by atoms with Crippen molar-refractivity contribution in [2.45, 2.75) is 12.7 Å². The summed E-state index contributed by atoms with van der Waals surface area (Å²) in [4.78, 5) is 11.0. The Morgan fingerprint density at radius 1 is 1.43 bits per heavy atom. The Labute approximate surface area is 85.5 Å². The molecule has 0 spiro atoms. The monoisotopic (exact) mass is 270 g/mol. The molecule has 0 saturated heterocycles. The van der Waals surface area contributed by atoms with Gasteiger partial charge < -0.3 is 10.3 Å². The zero-order chi connectivity index (χ0) is 10.9. The normalized spacial score (nSPS) is 11.7. The molecule has 0 fully saturated rings. The van der Waals surface area contributed by atoms with Crippen LogP contribution in [-0.4, -0.2) is 10.7 Å². The first-order valence-corrected chi connectivity index (χ1v) is 4.31. The van der Waals surface area contributed by atoms with Gasteiger partial charge in [-0.25, -0.2) is 0 Å². The Bertz CT molecular complexity index is 373. The van der Waals surface area contributed by atoms with Crippen LogP contribution >= 0.6 is 15.9 Å². The zero-order valence-corrected chi connectivity index (χ0v) is 8.39. The van der Waals surface area contributed by atoms with Crippen LogP contribution in [0.4, 0.5) is 18.9 Å². The number of aromatic nitrogens is 1. The number of nitrogens with zero attached hydrogens (tertiary/aromatic N) is 1. The lowest BCUT2D eigenvalue weighted by molar-refractivity contribution is -0.140. The van der Waals surface area contributed by atoms with E-state index in [1.165, 1.54) is 0 Å².